The zero-order valence-corrected chi connectivity index (χ0v) is 32.4. The van der Waals surface area contributed by atoms with Gasteiger partial charge in [-0.2, -0.15) is 13.2 Å². The van der Waals surface area contributed by atoms with E-state index in [9.17, 15) is 27.9 Å². The molecule has 8 nitrogen and oxygen atoms in total. The second-order valence-electron chi connectivity index (χ2n) is 15.2. The summed E-state index contributed by atoms with van der Waals surface area (Å²) >= 11 is 0. The van der Waals surface area contributed by atoms with Crippen LogP contribution in [0, 0.1) is 5.92 Å². The average Bonchev–Trinajstić information content (AvgIpc) is 3.74. The summed E-state index contributed by atoms with van der Waals surface area (Å²) in [6.07, 6.45) is -5.63. The molecule has 2 amide bonds. The summed E-state index contributed by atoms with van der Waals surface area (Å²) in [6, 6.07) is 43.1. The lowest BCUT2D eigenvalue weighted by molar-refractivity contribution is -0.276. The molecule has 0 bridgehead atoms. The van der Waals surface area contributed by atoms with Crippen molar-refractivity contribution in [1.29, 1.82) is 0 Å². The molecule has 2 saturated heterocycles. The van der Waals surface area contributed by atoms with Crippen molar-refractivity contribution in [3.8, 4) is 11.1 Å². The van der Waals surface area contributed by atoms with Crippen molar-refractivity contribution in [1.82, 2.24) is 15.1 Å². The molecule has 7 rings (SSSR count). The largest absolute Gasteiger partial charge is 0.471 e. The quantitative estimate of drug-likeness (QED) is 0.124. The highest BCUT2D eigenvalue weighted by molar-refractivity contribution is 5.90. The zero-order valence-electron chi connectivity index (χ0n) is 32.4. The molecule has 0 aliphatic carbocycles. The van der Waals surface area contributed by atoms with Crippen LogP contribution in [0.2, 0.25) is 0 Å². The molecule has 5 aromatic rings. The first-order valence-electron chi connectivity index (χ1n) is 19.7. The smallest absolute Gasteiger partial charge is 0.392 e. The minimum absolute atomic E-state index is 0.00496. The van der Waals surface area contributed by atoms with Crippen LogP contribution in [-0.2, 0) is 45.3 Å². The standard InChI is InChI=1S/C47H48F3N3O5/c1-32-42(30-52(28-33-10-4-2-5-11-33)29-34-12-6-3-7-13-34)57-45(58-43(32)38-19-17-35(31-54)18-20-38)39-23-21-37(22-24-39)40-15-8-14-36(26-40)27-51-44(55)41-16-9-25-53(41)46(56)47(48,49)50/h2-8,10-15,17-24,26,32,41-43,45,54H,9,16,25,27-31H2,1H3,(H,51,55). The first-order chi connectivity index (χ1) is 28.1. The topological polar surface area (TPSA) is 91.3 Å². The molecule has 2 aliphatic heterocycles. The number of benzene rings is 5. The molecule has 0 spiro atoms. The van der Waals surface area contributed by atoms with E-state index in [4.69, 9.17) is 9.47 Å². The van der Waals surface area contributed by atoms with E-state index >= 15 is 0 Å². The Morgan fingerprint density at radius 1 is 0.759 bits per heavy atom. The fraction of sp³-hybridized carbons (Fsp3) is 0.319. The third-order valence-electron chi connectivity index (χ3n) is 11.0. The molecule has 2 N–H and O–H groups in total. The monoisotopic (exact) mass is 791 g/mol. The van der Waals surface area contributed by atoms with Gasteiger partial charge < -0.3 is 24.8 Å². The maximum absolute atomic E-state index is 13.1. The Bertz CT molecular complexity index is 2070. The van der Waals surface area contributed by atoms with Gasteiger partial charge in [0.1, 0.15) is 6.04 Å². The van der Waals surface area contributed by atoms with Gasteiger partial charge in [-0.3, -0.25) is 14.5 Å². The van der Waals surface area contributed by atoms with Crippen LogP contribution >= 0.6 is 0 Å². The number of alkyl halides is 3. The van der Waals surface area contributed by atoms with Gasteiger partial charge >= 0.3 is 12.1 Å². The molecule has 2 heterocycles. The number of carbonyl (C=O) groups excluding carboxylic acids is 2. The van der Waals surface area contributed by atoms with Gasteiger partial charge in [0, 0.05) is 44.2 Å². The van der Waals surface area contributed by atoms with E-state index < -0.39 is 30.3 Å². The molecule has 58 heavy (non-hydrogen) atoms. The Morgan fingerprint density at radius 3 is 2.00 bits per heavy atom. The lowest BCUT2D eigenvalue weighted by Gasteiger charge is -2.43. The first-order valence-corrected chi connectivity index (χ1v) is 19.7. The number of hydrogen-bond donors (Lipinski definition) is 2. The van der Waals surface area contributed by atoms with Crippen LogP contribution in [0.3, 0.4) is 0 Å². The Morgan fingerprint density at radius 2 is 1.38 bits per heavy atom. The number of ether oxygens (including phenoxy) is 2. The summed E-state index contributed by atoms with van der Waals surface area (Å²) in [5.74, 6) is -2.59. The van der Waals surface area contributed by atoms with E-state index in [-0.39, 0.29) is 44.2 Å². The molecule has 2 aliphatic rings. The van der Waals surface area contributed by atoms with E-state index in [0.29, 0.717) is 17.9 Å². The maximum atomic E-state index is 13.1. The van der Waals surface area contributed by atoms with Crippen LogP contribution in [0.25, 0.3) is 11.1 Å². The van der Waals surface area contributed by atoms with Crippen LogP contribution in [0.5, 0.6) is 0 Å². The fourth-order valence-electron chi connectivity index (χ4n) is 7.90. The second kappa shape index (κ2) is 18.5. The van der Waals surface area contributed by atoms with Gasteiger partial charge in [-0.25, -0.2) is 0 Å². The van der Waals surface area contributed by atoms with Crippen LogP contribution in [0.1, 0.15) is 65.5 Å². The number of nitrogens with one attached hydrogen (secondary N) is 1. The van der Waals surface area contributed by atoms with E-state index in [0.717, 1.165) is 46.5 Å². The van der Waals surface area contributed by atoms with Gasteiger partial charge in [0.15, 0.2) is 6.29 Å². The molecule has 5 atom stereocenters. The highest BCUT2D eigenvalue weighted by Gasteiger charge is 2.47. The molecule has 2 fully saturated rings. The third kappa shape index (κ3) is 10.0. The minimum atomic E-state index is -5.02. The molecule has 0 radical (unpaired) electrons. The Kier molecular flexibility index (Phi) is 13.0. The Balaban J connectivity index is 1.08. The summed E-state index contributed by atoms with van der Waals surface area (Å²) in [7, 11) is 0. The fourth-order valence-corrected chi connectivity index (χ4v) is 7.90. The Hall–Kier alpha value is -5.33. The molecule has 302 valence electrons. The number of halogens is 3. The average molecular weight is 792 g/mol. The van der Waals surface area contributed by atoms with Gasteiger partial charge in [0.05, 0.1) is 18.8 Å². The van der Waals surface area contributed by atoms with Crippen LogP contribution in [0.4, 0.5) is 13.2 Å². The second-order valence-corrected chi connectivity index (χ2v) is 15.2. The van der Waals surface area contributed by atoms with Crippen molar-refractivity contribution >= 4 is 11.8 Å². The van der Waals surface area contributed by atoms with E-state index in [1.807, 2.05) is 84.9 Å². The number of hydrogen-bond acceptors (Lipinski definition) is 6. The molecule has 5 unspecified atom stereocenters. The van der Waals surface area contributed by atoms with Gasteiger partial charge in [-0.05, 0) is 57.9 Å². The van der Waals surface area contributed by atoms with Crippen LogP contribution < -0.4 is 5.32 Å². The molecule has 0 aromatic heterocycles. The number of aliphatic hydroxyl groups is 1. The maximum Gasteiger partial charge on any atom is 0.471 e. The third-order valence-corrected chi connectivity index (χ3v) is 11.0. The van der Waals surface area contributed by atoms with Crippen molar-refractivity contribution in [2.24, 2.45) is 5.92 Å². The van der Waals surface area contributed by atoms with Crippen LogP contribution in [-0.4, -0.2) is 58.1 Å². The first kappa shape index (κ1) is 40.9. The summed E-state index contributed by atoms with van der Waals surface area (Å²) in [5.41, 5.74) is 7.70. The molecule has 11 heteroatoms. The van der Waals surface area contributed by atoms with E-state index in [1.54, 1.807) is 0 Å². The predicted octanol–water partition coefficient (Wildman–Crippen LogP) is 8.51. The van der Waals surface area contributed by atoms with Crippen molar-refractivity contribution < 1.29 is 37.3 Å². The van der Waals surface area contributed by atoms with E-state index in [2.05, 4.69) is 65.7 Å². The molecular weight excluding hydrogens is 744 g/mol. The number of nitrogens with zero attached hydrogens (tertiary/aromatic N) is 2. The molecular formula is C47H48F3N3O5. The number of rotatable bonds is 13. The van der Waals surface area contributed by atoms with Crippen molar-refractivity contribution in [3.63, 3.8) is 0 Å². The SMILES string of the molecule is CC1C(CN(Cc2ccccc2)Cc2ccccc2)OC(c2ccc(-c3cccc(CNC(=O)C4CCCN4C(=O)C(F)(F)F)c3)cc2)OC1c1ccc(CO)cc1. The number of likely N-dealkylation sites (tertiary alicyclic amines) is 1. The number of aliphatic hydroxyl groups excluding tert-OH is 1. The van der Waals surface area contributed by atoms with Gasteiger partial charge in [0.25, 0.3) is 0 Å². The van der Waals surface area contributed by atoms with Crippen molar-refractivity contribution in [3.05, 3.63) is 167 Å². The normalized spacial score (nSPS) is 20.9. The zero-order chi connectivity index (χ0) is 40.6. The lowest BCUT2D eigenvalue weighted by atomic mass is 9.89. The Labute approximate surface area is 337 Å². The lowest BCUT2D eigenvalue weighted by Crippen LogP contribution is -2.50. The summed E-state index contributed by atoms with van der Waals surface area (Å²) < 4.78 is 52.9. The van der Waals surface area contributed by atoms with Crippen LogP contribution in [0.15, 0.2) is 133 Å². The van der Waals surface area contributed by atoms with Gasteiger partial charge in [0.2, 0.25) is 5.91 Å². The summed E-state index contributed by atoms with van der Waals surface area (Å²) in [4.78, 5) is 27.8. The highest BCUT2D eigenvalue weighted by atomic mass is 19.4. The van der Waals surface area contributed by atoms with Crippen molar-refractivity contribution in [2.45, 2.75) is 76.7 Å². The summed E-state index contributed by atoms with van der Waals surface area (Å²) in [5, 5.41) is 12.4. The molecule has 0 saturated carbocycles. The van der Waals surface area contributed by atoms with Crippen molar-refractivity contribution in [2.75, 3.05) is 13.1 Å². The van der Waals surface area contributed by atoms with Gasteiger partial charge in [-0.1, -0.05) is 134 Å². The van der Waals surface area contributed by atoms with Gasteiger partial charge in [-0.15, -0.1) is 0 Å². The minimum Gasteiger partial charge on any atom is -0.392 e. The molecule has 5 aromatic carbocycles. The van der Waals surface area contributed by atoms with E-state index in [1.165, 1.54) is 11.1 Å². The summed E-state index contributed by atoms with van der Waals surface area (Å²) in [6.45, 7) is 4.28. The highest BCUT2D eigenvalue weighted by Crippen LogP contribution is 2.42. The number of amides is 2. The predicted molar refractivity (Wildman–Crippen MR) is 214 cm³/mol. The number of carbonyl (C=O) groups is 2.